The number of hydrogen-bond donors (Lipinski definition) is 2. The second-order valence-electron chi connectivity index (χ2n) is 9.09. The van der Waals surface area contributed by atoms with Gasteiger partial charge in [0.15, 0.2) is 11.6 Å². The molecule has 2 aliphatic rings. The molecular weight excluding hydrogens is 405 g/mol. The van der Waals surface area contributed by atoms with Gasteiger partial charge in [-0.05, 0) is 51.3 Å². The molecule has 0 aliphatic carbocycles. The predicted octanol–water partition coefficient (Wildman–Crippen LogP) is 4.60. The van der Waals surface area contributed by atoms with Crippen molar-refractivity contribution in [2.24, 2.45) is 0 Å². The van der Waals surface area contributed by atoms with Gasteiger partial charge in [0.25, 0.3) is 5.92 Å². The Balaban J connectivity index is 1.51. The van der Waals surface area contributed by atoms with Gasteiger partial charge in [-0.2, -0.15) is 10.2 Å². The van der Waals surface area contributed by atoms with Crippen LogP contribution < -0.4 is 10.6 Å². The van der Waals surface area contributed by atoms with Crippen molar-refractivity contribution in [2.45, 2.75) is 63.6 Å². The topological polar surface area (TPSA) is 76.9 Å². The molecule has 31 heavy (non-hydrogen) atoms. The smallest absolute Gasteiger partial charge is 0.262 e. The molecule has 9 heteroatoms. The average Bonchev–Trinajstić information content (AvgIpc) is 3.01. The second-order valence-corrected chi connectivity index (χ2v) is 9.09. The van der Waals surface area contributed by atoms with Crippen LogP contribution in [0.2, 0.25) is 0 Å². The summed E-state index contributed by atoms with van der Waals surface area (Å²) in [6, 6.07) is 6.94. The molecule has 0 spiro atoms. The number of halogens is 3. The lowest BCUT2D eigenvalue weighted by atomic mass is 9.84. The zero-order valence-corrected chi connectivity index (χ0v) is 17.7. The van der Waals surface area contributed by atoms with Crippen molar-refractivity contribution in [1.82, 2.24) is 14.9 Å². The van der Waals surface area contributed by atoms with Crippen molar-refractivity contribution in [3.05, 3.63) is 41.3 Å². The molecule has 2 N–H and O–H groups in total. The molecule has 2 atom stereocenters. The molecular formula is C22H25F3N6. The molecule has 2 aliphatic heterocycles. The Hall–Kier alpha value is -2.86. The minimum Gasteiger partial charge on any atom is -0.365 e. The average molecular weight is 430 g/mol. The molecule has 0 saturated carbocycles. The van der Waals surface area contributed by atoms with Crippen molar-refractivity contribution >= 4 is 17.5 Å². The molecule has 1 aromatic heterocycles. The highest BCUT2D eigenvalue weighted by atomic mass is 19.3. The third kappa shape index (κ3) is 4.44. The van der Waals surface area contributed by atoms with E-state index < -0.39 is 17.3 Å². The second kappa shape index (κ2) is 7.68. The molecule has 0 amide bonds. The summed E-state index contributed by atoms with van der Waals surface area (Å²) >= 11 is 0. The third-order valence-electron chi connectivity index (χ3n) is 6.16. The first-order valence-corrected chi connectivity index (χ1v) is 10.3. The Labute approximate surface area is 179 Å². The van der Waals surface area contributed by atoms with Crippen LogP contribution in [0, 0.1) is 24.1 Å². The summed E-state index contributed by atoms with van der Waals surface area (Å²) in [5.74, 6) is -3.08. The predicted molar refractivity (Wildman–Crippen MR) is 112 cm³/mol. The zero-order chi connectivity index (χ0) is 22.4. The number of hydrogen-bond acceptors (Lipinski definition) is 6. The molecule has 4 rings (SSSR count). The van der Waals surface area contributed by atoms with Gasteiger partial charge in [-0.25, -0.2) is 18.2 Å². The highest BCUT2D eigenvalue weighted by Crippen LogP contribution is 2.44. The number of rotatable bonds is 4. The van der Waals surface area contributed by atoms with E-state index in [1.807, 2.05) is 25.7 Å². The lowest BCUT2D eigenvalue weighted by molar-refractivity contribution is -0.00687. The van der Waals surface area contributed by atoms with Crippen LogP contribution in [0.25, 0.3) is 0 Å². The summed E-state index contributed by atoms with van der Waals surface area (Å²) in [5.41, 5.74) is 1.55. The van der Waals surface area contributed by atoms with E-state index in [9.17, 15) is 18.4 Å². The van der Waals surface area contributed by atoms with E-state index in [0.717, 1.165) is 11.8 Å². The zero-order valence-electron chi connectivity index (χ0n) is 17.7. The fraction of sp³-hybridized carbons (Fsp3) is 0.500. The van der Waals surface area contributed by atoms with Gasteiger partial charge in [0.1, 0.15) is 0 Å². The SMILES string of the molecule is Cc1ccc(Nc2ncc(F)c(NC3CC4CC(F)(F)CN4C(C)(C)C3)n2)cc1C#N. The summed E-state index contributed by atoms with van der Waals surface area (Å²) < 4.78 is 42.4. The van der Waals surface area contributed by atoms with Gasteiger partial charge in [-0.15, -0.1) is 0 Å². The van der Waals surface area contributed by atoms with Crippen molar-refractivity contribution in [3.63, 3.8) is 0 Å². The fourth-order valence-corrected chi connectivity index (χ4v) is 4.73. The fourth-order valence-electron chi connectivity index (χ4n) is 4.73. The lowest BCUT2D eigenvalue weighted by Crippen LogP contribution is -2.55. The van der Waals surface area contributed by atoms with Gasteiger partial charge in [-0.3, -0.25) is 4.90 Å². The molecule has 6 nitrogen and oxygen atoms in total. The molecule has 1 aromatic carbocycles. The van der Waals surface area contributed by atoms with E-state index in [2.05, 4.69) is 26.7 Å². The van der Waals surface area contributed by atoms with Gasteiger partial charge in [0.2, 0.25) is 5.95 Å². The van der Waals surface area contributed by atoms with Gasteiger partial charge in [0, 0.05) is 29.7 Å². The number of nitrogens with one attached hydrogen (secondary N) is 2. The molecule has 0 radical (unpaired) electrons. The van der Waals surface area contributed by atoms with Crippen molar-refractivity contribution in [2.75, 3.05) is 17.2 Å². The molecule has 164 valence electrons. The monoisotopic (exact) mass is 430 g/mol. The Kier molecular flexibility index (Phi) is 5.30. The molecule has 2 aromatic rings. The van der Waals surface area contributed by atoms with Crippen LogP contribution in [0.4, 0.5) is 30.6 Å². The van der Waals surface area contributed by atoms with Crippen molar-refractivity contribution in [1.29, 1.82) is 5.26 Å². The largest absolute Gasteiger partial charge is 0.365 e. The maximum atomic E-state index is 14.4. The maximum Gasteiger partial charge on any atom is 0.262 e. The normalized spacial score (nSPS) is 24.3. The van der Waals surface area contributed by atoms with Crippen LogP contribution in [0.1, 0.15) is 44.2 Å². The number of aromatic nitrogens is 2. The Morgan fingerprint density at radius 1 is 1.26 bits per heavy atom. The van der Waals surface area contributed by atoms with Crippen LogP contribution in [-0.2, 0) is 0 Å². The first-order chi connectivity index (χ1) is 14.6. The molecule has 2 saturated heterocycles. The first kappa shape index (κ1) is 21.4. The number of nitrogens with zero attached hydrogens (tertiary/aromatic N) is 4. The highest BCUT2D eigenvalue weighted by molar-refractivity contribution is 5.59. The number of aryl methyl sites for hydroxylation is 1. The summed E-state index contributed by atoms with van der Waals surface area (Å²) in [4.78, 5) is 10.1. The number of anilines is 3. The summed E-state index contributed by atoms with van der Waals surface area (Å²) in [7, 11) is 0. The quantitative estimate of drug-likeness (QED) is 0.738. The van der Waals surface area contributed by atoms with E-state index in [1.165, 1.54) is 0 Å². The van der Waals surface area contributed by atoms with Crippen LogP contribution in [0.15, 0.2) is 24.4 Å². The minimum atomic E-state index is -2.69. The molecule has 0 bridgehead atoms. The van der Waals surface area contributed by atoms with Gasteiger partial charge >= 0.3 is 0 Å². The lowest BCUT2D eigenvalue weighted by Gasteiger charge is -2.47. The summed E-state index contributed by atoms with van der Waals surface area (Å²) in [6.45, 7) is 5.51. The third-order valence-corrected chi connectivity index (χ3v) is 6.16. The van der Waals surface area contributed by atoms with E-state index in [4.69, 9.17) is 0 Å². The Morgan fingerprint density at radius 2 is 2.03 bits per heavy atom. The van der Waals surface area contributed by atoms with Crippen molar-refractivity contribution in [3.8, 4) is 6.07 Å². The number of nitriles is 1. The molecule has 2 unspecified atom stereocenters. The standard InChI is InChI=1S/C22H25F3N6/c1-13-4-5-15(6-14(13)10-26)29-20-27-11-18(23)19(30-20)28-16-7-17-9-22(24,25)12-31(17)21(2,3)8-16/h4-6,11,16-17H,7-9,12H2,1-3H3,(H2,27,28,29,30). The summed E-state index contributed by atoms with van der Waals surface area (Å²) in [6.07, 6.45) is 1.98. The number of piperidine rings is 1. The van der Waals surface area contributed by atoms with Gasteiger partial charge < -0.3 is 10.6 Å². The van der Waals surface area contributed by atoms with E-state index in [-0.39, 0.29) is 36.8 Å². The summed E-state index contributed by atoms with van der Waals surface area (Å²) in [5, 5.41) is 15.3. The van der Waals surface area contributed by atoms with Gasteiger partial charge in [-0.1, -0.05) is 6.07 Å². The maximum absolute atomic E-state index is 14.4. The van der Waals surface area contributed by atoms with Crippen LogP contribution in [0.5, 0.6) is 0 Å². The van der Waals surface area contributed by atoms with Gasteiger partial charge in [0.05, 0.1) is 24.4 Å². The van der Waals surface area contributed by atoms with E-state index >= 15 is 0 Å². The molecule has 3 heterocycles. The van der Waals surface area contributed by atoms with E-state index in [1.54, 1.807) is 18.2 Å². The Bertz CT molecular complexity index is 1030. The first-order valence-electron chi connectivity index (χ1n) is 10.3. The minimum absolute atomic E-state index is 0.0316. The van der Waals surface area contributed by atoms with E-state index in [0.29, 0.717) is 24.1 Å². The highest BCUT2D eigenvalue weighted by Gasteiger charge is 2.53. The van der Waals surface area contributed by atoms with Crippen LogP contribution >= 0.6 is 0 Å². The Morgan fingerprint density at radius 3 is 2.77 bits per heavy atom. The van der Waals surface area contributed by atoms with Crippen LogP contribution in [-0.4, -0.2) is 45.0 Å². The van der Waals surface area contributed by atoms with Crippen molar-refractivity contribution < 1.29 is 13.2 Å². The number of alkyl halides is 2. The van der Waals surface area contributed by atoms with Crippen LogP contribution in [0.3, 0.4) is 0 Å². The number of fused-ring (bicyclic) bond motifs is 1. The molecule has 2 fully saturated rings. The number of benzene rings is 1.